The molecule has 0 spiro atoms. The van der Waals surface area contributed by atoms with Crippen LogP contribution in [0.5, 0.6) is 5.75 Å². The third kappa shape index (κ3) is 3.51. The van der Waals surface area contributed by atoms with Gasteiger partial charge in [0, 0.05) is 17.7 Å². The Morgan fingerprint density at radius 2 is 1.93 bits per heavy atom. The number of anilines is 1. The fourth-order valence-corrected chi connectivity index (χ4v) is 3.84. The van der Waals surface area contributed by atoms with Crippen molar-refractivity contribution in [2.24, 2.45) is 0 Å². The predicted molar refractivity (Wildman–Crippen MR) is 116 cm³/mol. The summed E-state index contributed by atoms with van der Waals surface area (Å²) < 4.78 is 6.69. The van der Waals surface area contributed by atoms with Gasteiger partial charge in [-0.1, -0.05) is 35.3 Å². The summed E-state index contributed by atoms with van der Waals surface area (Å²) in [4.78, 5) is 32.1. The van der Waals surface area contributed by atoms with Gasteiger partial charge < -0.3 is 15.4 Å². The standard InChI is InChI=1S/C21H18Cl2N4O3/c1-30-18-5-3-2-4-17(18)27-20(29)13-8-9-26(11-16(13)25-21(27)24)19(28)12-6-7-14(22)15(23)10-12/h2-7,10H,8-9,11H2,1H3,(H2,24,25). The molecule has 1 aliphatic heterocycles. The van der Waals surface area contributed by atoms with Crippen LogP contribution < -0.4 is 16.0 Å². The number of halogens is 2. The summed E-state index contributed by atoms with van der Waals surface area (Å²) in [5, 5.41) is 0.686. The SMILES string of the molecule is COc1ccccc1-n1c(N)nc2c(c1=O)CCN(C(=O)c1ccc(Cl)c(Cl)c1)C2. The highest BCUT2D eigenvalue weighted by atomic mass is 35.5. The van der Waals surface area contributed by atoms with Crippen molar-refractivity contribution in [1.82, 2.24) is 14.5 Å². The van der Waals surface area contributed by atoms with E-state index in [1.54, 1.807) is 35.2 Å². The number of rotatable bonds is 3. The number of hydrogen-bond donors (Lipinski definition) is 1. The van der Waals surface area contributed by atoms with E-state index in [1.165, 1.54) is 17.7 Å². The number of para-hydroxylation sites is 2. The molecule has 0 fully saturated rings. The average Bonchev–Trinajstić information content (AvgIpc) is 2.75. The quantitative estimate of drug-likeness (QED) is 0.668. The van der Waals surface area contributed by atoms with Gasteiger partial charge in [-0.15, -0.1) is 0 Å². The van der Waals surface area contributed by atoms with E-state index in [1.807, 2.05) is 6.07 Å². The number of methoxy groups -OCH3 is 1. The number of fused-ring (bicyclic) bond motifs is 1. The zero-order chi connectivity index (χ0) is 21.4. The molecule has 1 aliphatic rings. The van der Waals surface area contributed by atoms with Crippen LogP contribution in [0, 0.1) is 0 Å². The summed E-state index contributed by atoms with van der Waals surface area (Å²) in [7, 11) is 1.53. The maximum atomic E-state index is 13.2. The van der Waals surface area contributed by atoms with Crippen molar-refractivity contribution >= 4 is 35.1 Å². The molecule has 4 rings (SSSR count). The van der Waals surface area contributed by atoms with E-state index in [4.69, 9.17) is 33.7 Å². The van der Waals surface area contributed by atoms with Gasteiger partial charge in [0.15, 0.2) is 0 Å². The molecule has 7 nitrogen and oxygen atoms in total. The molecule has 0 radical (unpaired) electrons. The number of ether oxygens (including phenoxy) is 1. The first kappa shape index (κ1) is 20.3. The molecule has 0 saturated carbocycles. The Kier molecular flexibility index (Phi) is 5.40. The van der Waals surface area contributed by atoms with Crippen molar-refractivity contribution in [3.8, 4) is 11.4 Å². The summed E-state index contributed by atoms with van der Waals surface area (Å²) in [6, 6.07) is 11.8. The van der Waals surface area contributed by atoms with E-state index in [0.29, 0.717) is 51.3 Å². The van der Waals surface area contributed by atoms with E-state index >= 15 is 0 Å². The second-order valence-corrected chi connectivity index (χ2v) is 7.63. The van der Waals surface area contributed by atoms with Gasteiger partial charge >= 0.3 is 0 Å². The summed E-state index contributed by atoms with van der Waals surface area (Å²) in [6.07, 6.45) is 0.365. The van der Waals surface area contributed by atoms with E-state index in [2.05, 4.69) is 4.98 Å². The first-order valence-electron chi connectivity index (χ1n) is 9.18. The maximum absolute atomic E-state index is 13.2. The van der Waals surface area contributed by atoms with Gasteiger partial charge in [-0.05, 0) is 36.8 Å². The first-order valence-corrected chi connectivity index (χ1v) is 9.94. The zero-order valence-electron chi connectivity index (χ0n) is 16.1. The smallest absolute Gasteiger partial charge is 0.263 e. The van der Waals surface area contributed by atoms with Crippen molar-refractivity contribution in [2.75, 3.05) is 19.4 Å². The number of carbonyl (C=O) groups excluding carboxylic acids is 1. The molecule has 0 aliphatic carbocycles. The van der Waals surface area contributed by atoms with Crippen LogP contribution in [0.3, 0.4) is 0 Å². The zero-order valence-corrected chi connectivity index (χ0v) is 17.6. The van der Waals surface area contributed by atoms with Gasteiger partial charge in [0.1, 0.15) is 5.75 Å². The number of aromatic nitrogens is 2. The van der Waals surface area contributed by atoms with Crippen molar-refractivity contribution in [1.29, 1.82) is 0 Å². The average molecular weight is 445 g/mol. The van der Waals surface area contributed by atoms with E-state index in [0.717, 1.165) is 0 Å². The molecule has 30 heavy (non-hydrogen) atoms. The Morgan fingerprint density at radius 1 is 1.17 bits per heavy atom. The van der Waals surface area contributed by atoms with Crippen LogP contribution in [0.2, 0.25) is 10.0 Å². The molecule has 0 bridgehead atoms. The Morgan fingerprint density at radius 3 is 2.67 bits per heavy atom. The number of nitrogen functional groups attached to an aromatic ring is 1. The van der Waals surface area contributed by atoms with Gasteiger partial charge in [-0.25, -0.2) is 9.55 Å². The number of benzene rings is 2. The molecule has 1 aromatic heterocycles. The van der Waals surface area contributed by atoms with Crippen LogP contribution in [-0.2, 0) is 13.0 Å². The number of nitrogens with zero attached hydrogens (tertiary/aromatic N) is 3. The fraction of sp³-hybridized carbons (Fsp3) is 0.190. The Balaban J connectivity index is 1.69. The third-order valence-corrected chi connectivity index (χ3v) is 5.78. The van der Waals surface area contributed by atoms with E-state index in [-0.39, 0.29) is 24.0 Å². The second kappa shape index (κ2) is 8.01. The van der Waals surface area contributed by atoms with Crippen molar-refractivity contribution in [3.05, 3.63) is 79.7 Å². The van der Waals surface area contributed by atoms with Crippen LogP contribution in [0.4, 0.5) is 5.95 Å². The summed E-state index contributed by atoms with van der Waals surface area (Å²) in [5.41, 5.74) is 7.84. The lowest BCUT2D eigenvalue weighted by atomic mass is 10.0. The van der Waals surface area contributed by atoms with Crippen molar-refractivity contribution < 1.29 is 9.53 Å². The van der Waals surface area contributed by atoms with Gasteiger partial charge in [0.2, 0.25) is 5.95 Å². The highest BCUT2D eigenvalue weighted by Crippen LogP contribution is 2.26. The molecule has 0 unspecified atom stereocenters. The Hall–Kier alpha value is -3.03. The lowest BCUT2D eigenvalue weighted by Crippen LogP contribution is -2.40. The van der Waals surface area contributed by atoms with Crippen LogP contribution in [0.15, 0.2) is 47.3 Å². The van der Waals surface area contributed by atoms with E-state index < -0.39 is 0 Å². The lowest BCUT2D eigenvalue weighted by Gasteiger charge is -2.28. The third-order valence-electron chi connectivity index (χ3n) is 5.04. The van der Waals surface area contributed by atoms with Crippen LogP contribution in [0.25, 0.3) is 5.69 Å². The fourth-order valence-electron chi connectivity index (χ4n) is 3.54. The number of nitrogens with two attached hydrogens (primary N) is 1. The number of amides is 1. The lowest BCUT2D eigenvalue weighted by molar-refractivity contribution is 0.0731. The van der Waals surface area contributed by atoms with Crippen LogP contribution in [-0.4, -0.2) is 34.0 Å². The molecule has 9 heteroatoms. The minimum Gasteiger partial charge on any atom is -0.495 e. The van der Waals surface area contributed by atoms with Crippen LogP contribution >= 0.6 is 23.2 Å². The highest BCUT2D eigenvalue weighted by molar-refractivity contribution is 6.42. The minimum atomic E-state index is -0.261. The largest absolute Gasteiger partial charge is 0.495 e. The molecule has 0 atom stereocenters. The molecular formula is C21H18Cl2N4O3. The topological polar surface area (TPSA) is 90.4 Å². The summed E-state index contributed by atoms with van der Waals surface area (Å²) >= 11 is 12.0. The molecule has 2 aromatic carbocycles. The maximum Gasteiger partial charge on any atom is 0.263 e. The van der Waals surface area contributed by atoms with Crippen molar-refractivity contribution in [2.45, 2.75) is 13.0 Å². The monoisotopic (exact) mass is 444 g/mol. The highest BCUT2D eigenvalue weighted by Gasteiger charge is 2.27. The van der Waals surface area contributed by atoms with E-state index in [9.17, 15) is 9.59 Å². The predicted octanol–water partition coefficient (Wildman–Crippen LogP) is 3.33. The summed E-state index contributed by atoms with van der Waals surface area (Å²) in [5.74, 6) is 0.334. The molecule has 154 valence electrons. The molecular weight excluding hydrogens is 427 g/mol. The first-order chi connectivity index (χ1) is 14.4. The number of hydrogen-bond acceptors (Lipinski definition) is 5. The summed E-state index contributed by atoms with van der Waals surface area (Å²) in [6.45, 7) is 0.555. The normalized spacial score (nSPS) is 13.1. The Labute approximate surface area is 182 Å². The molecule has 2 heterocycles. The second-order valence-electron chi connectivity index (χ2n) is 6.81. The van der Waals surface area contributed by atoms with Gasteiger partial charge in [0.05, 0.1) is 35.1 Å². The number of carbonyl (C=O) groups is 1. The Bertz CT molecular complexity index is 1210. The van der Waals surface area contributed by atoms with Crippen molar-refractivity contribution in [3.63, 3.8) is 0 Å². The molecule has 1 amide bonds. The van der Waals surface area contributed by atoms with Gasteiger partial charge in [-0.2, -0.15) is 0 Å². The van der Waals surface area contributed by atoms with Gasteiger partial charge in [0.25, 0.3) is 11.5 Å². The molecule has 2 N–H and O–H groups in total. The molecule has 3 aromatic rings. The molecule has 0 saturated heterocycles. The minimum absolute atomic E-state index is 0.0343. The van der Waals surface area contributed by atoms with Gasteiger partial charge in [-0.3, -0.25) is 9.59 Å². The van der Waals surface area contributed by atoms with Crippen LogP contribution in [0.1, 0.15) is 21.6 Å².